The topological polar surface area (TPSA) is 44.9 Å². The Bertz CT molecular complexity index is 289. The van der Waals surface area contributed by atoms with E-state index in [1.165, 1.54) is 6.42 Å². The standard InChI is InChI=1S/C12H24N4/c1-5-9(2)16-11(13)14-7-12(16)6-10(3)15(4)8-12/h9-10H,5-8H2,1-4H3,(H2,13,14). The van der Waals surface area contributed by atoms with Gasteiger partial charge in [0.15, 0.2) is 5.96 Å². The number of guanidine groups is 1. The van der Waals surface area contributed by atoms with E-state index in [1.807, 2.05) is 0 Å². The van der Waals surface area contributed by atoms with E-state index >= 15 is 0 Å². The Balaban J connectivity index is 2.23. The lowest BCUT2D eigenvalue weighted by Crippen LogP contribution is -2.56. The van der Waals surface area contributed by atoms with Crippen LogP contribution in [0.3, 0.4) is 0 Å². The molecule has 0 aliphatic carbocycles. The van der Waals surface area contributed by atoms with Gasteiger partial charge in [-0.15, -0.1) is 0 Å². The Labute approximate surface area is 98.5 Å². The van der Waals surface area contributed by atoms with Crippen LogP contribution in [0.15, 0.2) is 4.99 Å². The van der Waals surface area contributed by atoms with E-state index in [0.29, 0.717) is 12.1 Å². The zero-order chi connectivity index (χ0) is 11.9. The minimum absolute atomic E-state index is 0.174. The first kappa shape index (κ1) is 11.7. The maximum absolute atomic E-state index is 6.06. The van der Waals surface area contributed by atoms with Gasteiger partial charge in [0.1, 0.15) is 0 Å². The van der Waals surface area contributed by atoms with E-state index in [1.54, 1.807) is 0 Å². The van der Waals surface area contributed by atoms with Gasteiger partial charge in [0.2, 0.25) is 0 Å². The lowest BCUT2D eigenvalue weighted by Gasteiger charge is -2.40. The monoisotopic (exact) mass is 224 g/mol. The number of hydrogen-bond donors (Lipinski definition) is 1. The van der Waals surface area contributed by atoms with E-state index in [9.17, 15) is 0 Å². The summed E-state index contributed by atoms with van der Waals surface area (Å²) in [6.07, 6.45) is 2.30. The molecule has 16 heavy (non-hydrogen) atoms. The molecule has 3 unspecified atom stereocenters. The summed E-state index contributed by atoms with van der Waals surface area (Å²) in [5.41, 5.74) is 6.23. The highest BCUT2D eigenvalue weighted by Crippen LogP contribution is 2.36. The fourth-order valence-electron chi connectivity index (χ4n) is 3.18. The van der Waals surface area contributed by atoms with Crippen molar-refractivity contribution in [3.05, 3.63) is 0 Å². The fraction of sp³-hybridized carbons (Fsp3) is 0.917. The van der Waals surface area contributed by atoms with Crippen molar-refractivity contribution >= 4 is 5.96 Å². The number of nitrogens with two attached hydrogens (primary N) is 1. The van der Waals surface area contributed by atoms with Crippen LogP contribution in [-0.2, 0) is 0 Å². The molecule has 0 bridgehead atoms. The Kier molecular flexibility index (Phi) is 2.86. The maximum atomic E-state index is 6.06. The minimum Gasteiger partial charge on any atom is -0.370 e. The summed E-state index contributed by atoms with van der Waals surface area (Å²) in [7, 11) is 2.20. The second-order valence-corrected chi connectivity index (χ2v) is 5.49. The van der Waals surface area contributed by atoms with Crippen LogP contribution in [0.2, 0.25) is 0 Å². The molecule has 2 heterocycles. The van der Waals surface area contributed by atoms with Gasteiger partial charge in [0.05, 0.1) is 12.1 Å². The zero-order valence-corrected chi connectivity index (χ0v) is 10.9. The van der Waals surface area contributed by atoms with E-state index < -0.39 is 0 Å². The number of likely N-dealkylation sites (N-methyl/N-ethyl adjacent to an activating group) is 1. The van der Waals surface area contributed by atoms with Crippen LogP contribution in [0, 0.1) is 0 Å². The molecule has 2 aliphatic rings. The summed E-state index contributed by atoms with van der Waals surface area (Å²) >= 11 is 0. The predicted molar refractivity (Wildman–Crippen MR) is 67.5 cm³/mol. The molecule has 0 aromatic heterocycles. The van der Waals surface area contributed by atoms with Gasteiger partial charge < -0.3 is 15.5 Å². The molecule has 92 valence electrons. The summed E-state index contributed by atoms with van der Waals surface area (Å²) in [4.78, 5) is 9.27. The van der Waals surface area contributed by atoms with Gasteiger partial charge in [0.25, 0.3) is 0 Å². The van der Waals surface area contributed by atoms with Gasteiger partial charge >= 0.3 is 0 Å². The molecule has 1 saturated heterocycles. The molecule has 0 aromatic carbocycles. The first-order valence-corrected chi connectivity index (χ1v) is 6.29. The third kappa shape index (κ3) is 1.59. The van der Waals surface area contributed by atoms with Crippen molar-refractivity contribution in [1.82, 2.24) is 9.80 Å². The highest BCUT2D eigenvalue weighted by atomic mass is 15.4. The van der Waals surface area contributed by atoms with Gasteiger partial charge in [-0.3, -0.25) is 4.99 Å². The first-order valence-electron chi connectivity index (χ1n) is 6.29. The summed E-state index contributed by atoms with van der Waals surface area (Å²) < 4.78 is 0. The smallest absolute Gasteiger partial charge is 0.192 e. The van der Waals surface area contributed by atoms with Crippen LogP contribution in [0.5, 0.6) is 0 Å². The molecule has 4 nitrogen and oxygen atoms in total. The van der Waals surface area contributed by atoms with Crippen molar-refractivity contribution in [3.8, 4) is 0 Å². The largest absolute Gasteiger partial charge is 0.370 e. The van der Waals surface area contributed by atoms with Gasteiger partial charge in [-0.2, -0.15) is 0 Å². The second kappa shape index (κ2) is 3.91. The van der Waals surface area contributed by atoms with Crippen LogP contribution >= 0.6 is 0 Å². The SMILES string of the molecule is CCC(C)N1C(N)=NCC12CC(C)N(C)C2. The fourth-order valence-corrected chi connectivity index (χ4v) is 3.18. The summed E-state index contributed by atoms with van der Waals surface area (Å²) in [5.74, 6) is 0.747. The molecule has 0 saturated carbocycles. The van der Waals surface area contributed by atoms with Crippen molar-refractivity contribution in [2.45, 2.75) is 51.2 Å². The van der Waals surface area contributed by atoms with Gasteiger partial charge in [0, 0.05) is 18.6 Å². The Morgan fingerprint density at radius 1 is 1.62 bits per heavy atom. The Morgan fingerprint density at radius 3 is 2.81 bits per heavy atom. The molecule has 3 atom stereocenters. The first-order chi connectivity index (χ1) is 7.50. The molecule has 1 fully saturated rings. The third-order valence-electron chi connectivity index (χ3n) is 4.30. The lowest BCUT2D eigenvalue weighted by molar-refractivity contribution is 0.159. The quantitative estimate of drug-likeness (QED) is 0.757. The molecule has 2 aliphatic heterocycles. The average molecular weight is 224 g/mol. The van der Waals surface area contributed by atoms with Crippen molar-refractivity contribution in [1.29, 1.82) is 0 Å². The van der Waals surface area contributed by atoms with Crippen LogP contribution in [0.4, 0.5) is 0 Å². The summed E-state index contributed by atoms with van der Waals surface area (Å²) in [6.45, 7) is 8.71. The predicted octanol–water partition coefficient (Wildman–Crippen LogP) is 0.878. The van der Waals surface area contributed by atoms with Crippen LogP contribution in [0.25, 0.3) is 0 Å². The van der Waals surface area contributed by atoms with E-state index in [-0.39, 0.29) is 5.54 Å². The minimum atomic E-state index is 0.174. The molecule has 2 N–H and O–H groups in total. The number of hydrogen-bond acceptors (Lipinski definition) is 4. The summed E-state index contributed by atoms with van der Waals surface area (Å²) in [5, 5.41) is 0. The van der Waals surface area contributed by atoms with Crippen LogP contribution in [0.1, 0.15) is 33.6 Å². The highest BCUT2D eigenvalue weighted by Gasteiger charge is 2.50. The number of aliphatic imine (C=N–C) groups is 1. The second-order valence-electron chi connectivity index (χ2n) is 5.49. The molecular weight excluding hydrogens is 200 g/mol. The van der Waals surface area contributed by atoms with Gasteiger partial charge in [-0.05, 0) is 33.7 Å². The number of rotatable bonds is 2. The Hall–Kier alpha value is -0.770. The van der Waals surface area contributed by atoms with E-state index in [2.05, 4.69) is 42.6 Å². The van der Waals surface area contributed by atoms with Gasteiger partial charge in [-0.25, -0.2) is 0 Å². The normalized spacial score (nSPS) is 37.1. The summed E-state index contributed by atoms with van der Waals surface area (Å²) in [6, 6.07) is 1.12. The lowest BCUT2D eigenvalue weighted by atomic mass is 9.93. The van der Waals surface area contributed by atoms with Crippen molar-refractivity contribution in [3.63, 3.8) is 0 Å². The molecule has 2 rings (SSSR count). The third-order valence-corrected chi connectivity index (χ3v) is 4.30. The van der Waals surface area contributed by atoms with Gasteiger partial charge in [-0.1, -0.05) is 6.92 Å². The molecule has 0 aromatic rings. The molecule has 0 amide bonds. The molecule has 0 radical (unpaired) electrons. The Morgan fingerprint density at radius 2 is 2.31 bits per heavy atom. The number of likely N-dealkylation sites (tertiary alicyclic amines) is 1. The maximum Gasteiger partial charge on any atom is 0.192 e. The van der Waals surface area contributed by atoms with E-state index in [4.69, 9.17) is 5.73 Å². The molecule has 1 spiro atoms. The zero-order valence-electron chi connectivity index (χ0n) is 10.9. The molecular formula is C12H24N4. The van der Waals surface area contributed by atoms with Crippen molar-refractivity contribution < 1.29 is 0 Å². The number of nitrogens with zero attached hydrogens (tertiary/aromatic N) is 3. The van der Waals surface area contributed by atoms with E-state index in [0.717, 1.165) is 25.5 Å². The van der Waals surface area contributed by atoms with Crippen molar-refractivity contribution in [2.24, 2.45) is 10.7 Å². The van der Waals surface area contributed by atoms with Crippen LogP contribution in [-0.4, -0.2) is 53.5 Å². The molecule has 4 heteroatoms. The van der Waals surface area contributed by atoms with Crippen LogP contribution < -0.4 is 5.73 Å². The average Bonchev–Trinajstić information content (AvgIpc) is 2.69. The van der Waals surface area contributed by atoms with Crippen molar-refractivity contribution in [2.75, 3.05) is 20.1 Å². The highest BCUT2D eigenvalue weighted by molar-refractivity contribution is 5.81.